The quantitative estimate of drug-likeness (QED) is 0.533. The van der Waals surface area contributed by atoms with Crippen molar-refractivity contribution >= 4 is 12.7 Å². The Labute approximate surface area is 105 Å². The second kappa shape index (κ2) is 8.22. The van der Waals surface area contributed by atoms with Gasteiger partial charge in [0.05, 0.1) is 19.3 Å². The van der Waals surface area contributed by atoms with Crippen LogP contribution in [0.1, 0.15) is 12.0 Å². The van der Waals surface area contributed by atoms with Gasteiger partial charge in [-0.2, -0.15) is 0 Å². The molecule has 5 heteroatoms. The predicted molar refractivity (Wildman–Crippen MR) is 65.3 cm³/mol. The topological polar surface area (TPSA) is 55.4 Å². The fourth-order valence-corrected chi connectivity index (χ4v) is 1.45. The summed E-state index contributed by atoms with van der Waals surface area (Å²) < 4.78 is 17.2. The molecule has 1 rings (SSSR count). The number of nitrogens with one attached hydrogen (secondary N) is 1. The fraction of sp³-hybridized carbons (Fsp3) is 0.385. The van der Waals surface area contributed by atoms with E-state index in [1.165, 1.54) is 0 Å². The standard InChI is InChI=1S/C13H16FNO3/c14-6-1-7-18-13-4-2-11(3-5-13)8-12(9-16)15-10-17/h2-5,9-10,12H,1,6-8H2,(H,15,17). The number of carbonyl (C=O) groups is 2. The summed E-state index contributed by atoms with van der Waals surface area (Å²) in [4.78, 5) is 20.9. The molecule has 1 atom stereocenters. The first-order chi connectivity index (χ1) is 8.80. The molecule has 18 heavy (non-hydrogen) atoms. The van der Waals surface area contributed by atoms with Gasteiger partial charge in [-0.05, 0) is 24.1 Å². The van der Waals surface area contributed by atoms with E-state index in [0.29, 0.717) is 37.9 Å². The molecule has 98 valence electrons. The lowest BCUT2D eigenvalue weighted by Gasteiger charge is -2.10. The van der Waals surface area contributed by atoms with E-state index < -0.39 is 12.7 Å². The van der Waals surface area contributed by atoms with Gasteiger partial charge in [-0.25, -0.2) is 0 Å². The van der Waals surface area contributed by atoms with E-state index in [1.54, 1.807) is 12.1 Å². The zero-order valence-electron chi connectivity index (χ0n) is 9.97. The molecule has 0 radical (unpaired) electrons. The summed E-state index contributed by atoms with van der Waals surface area (Å²) in [6, 6.07) is 6.63. The van der Waals surface area contributed by atoms with Crippen molar-refractivity contribution in [2.75, 3.05) is 13.3 Å². The number of rotatable bonds is 9. The molecule has 0 spiro atoms. The van der Waals surface area contributed by atoms with Gasteiger partial charge >= 0.3 is 0 Å². The minimum absolute atomic E-state index is 0.347. The van der Waals surface area contributed by atoms with Crippen LogP contribution in [0.15, 0.2) is 24.3 Å². The number of hydrogen-bond donors (Lipinski definition) is 1. The van der Waals surface area contributed by atoms with E-state index >= 15 is 0 Å². The minimum atomic E-state index is -0.513. The van der Waals surface area contributed by atoms with Crippen molar-refractivity contribution in [1.82, 2.24) is 5.32 Å². The van der Waals surface area contributed by atoms with Crippen molar-refractivity contribution in [1.29, 1.82) is 0 Å². The Morgan fingerprint density at radius 2 is 2.00 bits per heavy atom. The maximum absolute atomic E-state index is 11.9. The van der Waals surface area contributed by atoms with Crippen molar-refractivity contribution in [3.05, 3.63) is 29.8 Å². The third-order valence-electron chi connectivity index (χ3n) is 2.37. The molecule has 0 saturated carbocycles. The Morgan fingerprint density at radius 3 is 2.56 bits per heavy atom. The zero-order valence-corrected chi connectivity index (χ0v) is 9.97. The number of ether oxygens (including phenoxy) is 1. The average Bonchev–Trinajstić information content (AvgIpc) is 2.40. The number of alkyl halides is 1. The highest BCUT2D eigenvalue weighted by atomic mass is 19.1. The number of aldehydes is 1. The van der Waals surface area contributed by atoms with E-state index in [-0.39, 0.29) is 0 Å². The van der Waals surface area contributed by atoms with Crippen LogP contribution in [0.4, 0.5) is 4.39 Å². The number of carbonyl (C=O) groups excluding carboxylic acids is 2. The number of halogens is 1. The largest absolute Gasteiger partial charge is 0.494 e. The van der Waals surface area contributed by atoms with Gasteiger partial charge in [-0.15, -0.1) is 0 Å². The Hall–Kier alpha value is -1.91. The average molecular weight is 253 g/mol. The Balaban J connectivity index is 2.48. The molecule has 1 aromatic carbocycles. The highest BCUT2D eigenvalue weighted by Crippen LogP contribution is 2.13. The van der Waals surface area contributed by atoms with E-state index in [1.807, 2.05) is 12.1 Å². The Morgan fingerprint density at radius 1 is 1.28 bits per heavy atom. The number of amides is 1. The highest BCUT2D eigenvalue weighted by molar-refractivity contribution is 5.64. The van der Waals surface area contributed by atoms with Gasteiger partial charge in [0.15, 0.2) is 0 Å². The maximum Gasteiger partial charge on any atom is 0.207 e. The van der Waals surface area contributed by atoms with Gasteiger partial charge in [0, 0.05) is 6.42 Å². The molecule has 1 unspecified atom stereocenters. The molecule has 1 aromatic rings. The van der Waals surface area contributed by atoms with Crippen LogP contribution in [0.5, 0.6) is 5.75 Å². The molecule has 4 nitrogen and oxygen atoms in total. The smallest absolute Gasteiger partial charge is 0.207 e. The molecular formula is C13H16FNO3. The number of hydrogen-bond acceptors (Lipinski definition) is 3. The summed E-state index contributed by atoms with van der Waals surface area (Å²) in [6.07, 6.45) is 2.01. The zero-order chi connectivity index (χ0) is 13.2. The first-order valence-corrected chi connectivity index (χ1v) is 5.73. The summed E-state index contributed by atoms with van der Waals surface area (Å²) in [5.74, 6) is 0.665. The second-order valence-corrected chi connectivity index (χ2v) is 3.77. The molecular weight excluding hydrogens is 237 g/mol. The van der Waals surface area contributed by atoms with Gasteiger partial charge in [0.2, 0.25) is 6.41 Å². The second-order valence-electron chi connectivity index (χ2n) is 3.77. The predicted octanol–water partition coefficient (Wildman–Crippen LogP) is 1.28. The molecule has 0 aliphatic heterocycles. The van der Waals surface area contributed by atoms with E-state index in [0.717, 1.165) is 5.56 Å². The summed E-state index contributed by atoms with van der Waals surface area (Å²) in [5, 5.41) is 2.42. The maximum atomic E-state index is 11.9. The van der Waals surface area contributed by atoms with Gasteiger partial charge < -0.3 is 14.8 Å². The van der Waals surface area contributed by atoms with E-state index in [4.69, 9.17) is 4.74 Å². The third kappa shape index (κ3) is 4.95. The molecule has 0 heterocycles. The van der Waals surface area contributed by atoms with Crippen molar-refractivity contribution in [3.63, 3.8) is 0 Å². The summed E-state index contributed by atoms with van der Waals surface area (Å²) in [7, 11) is 0. The van der Waals surface area contributed by atoms with Crippen molar-refractivity contribution in [2.45, 2.75) is 18.9 Å². The van der Waals surface area contributed by atoms with Gasteiger partial charge in [-0.1, -0.05) is 12.1 Å². The van der Waals surface area contributed by atoms with Crippen LogP contribution in [-0.4, -0.2) is 32.0 Å². The molecule has 1 N–H and O–H groups in total. The minimum Gasteiger partial charge on any atom is -0.494 e. The summed E-state index contributed by atoms with van der Waals surface area (Å²) >= 11 is 0. The van der Waals surface area contributed by atoms with Crippen LogP contribution < -0.4 is 10.1 Å². The lowest BCUT2D eigenvalue weighted by atomic mass is 10.1. The fourth-order valence-electron chi connectivity index (χ4n) is 1.45. The van der Waals surface area contributed by atoms with Crippen LogP contribution in [0.3, 0.4) is 0 Å². The lowest BCUT2D eigenvalue weighted by Crippen LogP contribution is -2.31. The van der Waals surface area contributed by atoms with Crippen LogP contribution in [0.2, 0.25) is 0 Å². The summed E-state index contributed by atoms with van der Waals surface area (Å²) in [6.45, 7) is -0.0457. The van der Waals surface area contributed by atoms with Crippen molar-refractivity contribution < 1.29 is 18.7 Å². The van der Waals surface area contributed by atoms with Crippen molar-refractivity contribution in [3.8, 4) is 5.75 Å². The van der Waals surface area contributed by atoms with Crippen LogP contribution in [0.25, 0.3) is 0 Å². The highest BCUT2D eigenvalue weighted by Gasteiger charge is 2.06. The Kier molecular flexibility index (Phi) is 6.46. The van der Waals surface area contributed by atoms with Gasteiger partial charge in [-0.3, -0.25) is 9.18 Å². The van der Waals surface area contributed by atoms with Gasteiger partial charge in [0.1, 0.15) is 12.0 Å². The Bertz CT molecular complexity index is 367. The molecule has 0 bridgehead atoms. The first-order valence-electron chi connectivity index (χ1n) is 5.73. The molecule has 0 aliphatic rings. The molecule has 0 fully saturated rings. The monoisotopic (exact) mass is 253 g/mol. The molecule has 0 aromatic heterocycles. The summed E-state index contributed by atoms with van der Waals surface area (Å²) in [5.41, 5.74) is 0.916. The van der Waals surface area contributed by atoms with E-state index in [9.17, 15) is 14.0 Å². The molecule has 0 saturated heterocycles. The normalized spacial score (nSPS) is 11.6. The van der Waals surface area contributed by atoms with Crippen LogP contribution in [0, 0.1) is 0 Å². The molecule has 1 amide bonds. The number of benzene rings is 1. The first kappa shape index (κ1) is 14.2. The third-order valence-corrected chi connectivity index (χ3v) is 2.37. The lowest BCUT2D eigenvalue weighted by molar-refractivity contribution is -0.115. The van der Waals surface area contributed by atoms with Crippen molar-refractivity contribution in [2.24, 2.45) is 0 Å². The SMILES string of the molecule is O=CNC(C=O)Cc1ccc(OCCCF)cc1. The van der Waals surface area contributed by atoms with Crippen LogP contribution in [-0.2, 0) is 16.0 Å². The van der Waals surface area contributed by atoms with Crippen LogP contribution >= 0.6 is 0 Å². The van der Waals surface area contributed by atoms with Gasteiger partial charge in [0.25, 0.3) is 0 Å². The molecule has 0 aliphatic carbocycles. The van der Waals surface area contributed by atoms with E-state index in [2.05, 4.69) is 5.32 Å².